The van der Waals surface area contributed by atoms with E-state index in [0.29, 0.717) is 13.1 Å². The second kappa shape index (κ2) is 6.53. The molecule has 1 aromatic carbocycles. The third-order valence-corrected chi connectivity index (χ3v) is 7.00. The lowest BCUT2D eigenvalue weighted by Gasteiger charge is -2.32. The number of fused-ring (bicyclic) bond motifs is 1. The van der Waals surface area contributed by atoms with Gasteiger partial charge in [-0.2, -0.15) is 9.40 Å². The minimum atomic E-state index is -3.07. The van der Waals surface area contributed by atoms with Gasteiger partial charge < -0.3 is 0 Å². The highest BCUT2D eigenvalue weighted by molar-refractivity contribution is 7.88. The van der Waals surface area contributed by atoms with Crippen molar-refractivity contribution in [3.8, 4) is 10.4 Å². The zero-order valence-electron chi connectivity index (χ0n) is 14.0. The molecular formula is C17H20N4O2S2. The van der Waals surface area contributed by atoms with E-state index in [2.05, 4.69) is 33.3 Å². The molecule has 4 rings (SSSR count). The summed E-state index contributed by atoms with van der Waals surface area (Å²) in [6.45, 7) is 3.57. The van der Waals surface area contributed by atoms with Crippen LogP contribution >= 0.6 is 11.3 Å². The lowest BCUT2D eigenvalue weighted by atomic mass is 10.1. The van der Waals surface area contributed by atoms with Gasteiger partial charge in [0.05, 0.1) is 18.0 Å². The molecule has 0 radical (unpaired) electrons. The topological polar surface area (TPSA) is 69.3 Å². The molecule has 0 amide bonds. The van der Waals surface area contributed by atoms with Crippen molar-refractivity contribution in [1.29, 1.82) is 0 Å². The zero-order chi connectivity index (χ0) is 17.4. The van der Waals surface area contributed by atoms with Gasteiger partial charge in [0, 0.05) is 53.4 Å². The molecule has 6 nitrogen and oxygen atoms in total. The molecule has 0 saturated carbocycles. The summed E-state index contributed by atoms with van der Waals surface area (Å²) in [6, 6.07) is 10.5. The predicted molar refractivity (Wildman–Crippen MR) is 101 cm³/mol. The van der Waals surface area contributed by atoms with Crippen LogP contribution in [0.5, 0.6) is 0 Å². The monoisotopic (exact) mass is 376 g/mol. The van der Waals surface area contributed by atoms with Crippen LogP contribution in [0.1, 0.15) is 4.88 Å². The van der Waals surface area contributed by atoms with E-state index in [9.17, 15) is 8.42 Å². The summed E-state index contributed by atoms with van der Waals surface area (Å²) in [4.78, 5) is 4.84. The van der Waals surface area contributed by atoms with Crippen LogP contribution in [0.15, 0.2) is 36.5 Å². The molecule has 3 aromatic rings. The van der Waals surface area contributed by atoms with Gasteiger partial charge in [-0.05, 0) is 18.2 Å². The predicted octanol–water partition coefficient (Wildman–Crippen LogP) is 2.37. The van der Waals surface area contributed by atoms with Crippen LogP contribution in [0.3, 0.4) is 0 Å². The Hall–Kier alpha value is -1.74. The van der Waals surface area contributed by atoms with Crippen LogP contribution in [-0.2, 0) is 16.6 Å². The third kappa shape index (κ3) is 3.48. The van der Waals surface area contributed by atoms with Crippen molar-refractivity contribution >= 4 is 32.3 Å². The molecule has 1 aliphatic heterocycles. The second-order valence-corrected chi connectivity index (χ2v) is 9.49. The summed E-state index contributed by atoms with van der Waals surface area (Å²) in [5, 5.41) is 8.28. The Balaban J connectivity index is 1.47. The maximum Gasteiger partial charge on any atom is 0.211 e. The minimum Gasteiger partial charge on any atom is -0.296 e. The van der Waals surface area contributed by atoms with Crippen LogP contribution < -0.4 is 0 Å². The molecule has 1 aliphatic rings. The first-order chi connectivity index (χ1) is 12.0. The minimum absolute atomic E-state index is 0.575. The average molecular weight is 377 g/mol. The number of rotatable bonds is 4. The molecule has 0 unspecified atom stereocenters. The van der Waals surface area contributed by atoms with Gasteiger partial charge in [0.25, 0.3) is 0 Å². The van der Waals surface area contributed by atoms with Gasteiger partial charge >= 0.3 is 0 Å². The van der Waals surface area contributed by atoms with Gasteiger partial charge in [-0.1, -0.05) is 12.1 Å². The summed E-state index contributed by atoms with van der Waals surface area (Å²) in [6.07, 6.45) is 3.15. The Labute approximate surface area is 151 Å². The van der Waals surface area contributed by atoms with Crippen LogP contribution in [0.4, 0.5) is 0 Å². The molecule has 8 heteroatoms. The second-order valence-electron chi connectivity index (χ2n) is 6.34. The fraction of sp³-hybridized carbons (Fsp3) is 0.353. The molecule has 0 aliphatic carbocycles. The van der Waals surface area contributed by atoms with E-state index in [1.807, 2.05) is 18.3 Å². The molecule has 0 bridgehead atoms. The summed E-state index contributed by atoms with van der Waals surface area (Å²) in [5.74, 6) is 0. The number of hydrogen-bond donors (Lipinski definition) is 1. The third-order valence-electron chi connectivity index (χ3n) is 4.59. The van der Waals surface area contributed by atoms with E-state index in [-0.39, 0.29) is 0 Å². The smallest absolute Gasteiger partial charge is 0.211 e. The van der Waals surface area contributed by atoms with E-state index in [1.54, 1.807) is 15.6 Å². The Morgan fingerprint density at radius 1 is 1.16 bits per heavy atom. The molecule has 2 aromatic heterocycles. The van der Waals surface area contributed by atoms with Crippen LogP contribution in [0.2, 0.25) is 0 Å². The van der Waals surface area contributed by atoms with E-state index in [4.69, 9.17) is 0 Å². The lowest BCUT2D eigenvalue weighted by molar-refractivity contribution is 0.183. The zero-order valence-corrected chi connectivity index (χ0v) is 15.6. The SMILES string of the molecule is CS(=O)(=O)N1CCN(Cc2ccc(-c3cccc4[nH]ncc34)s2)CC1. The maximum atomic E-state index is 11.6. The number of piperazine rings is 1. The maximum absolute atomic E-state index is 11.6. The molecular weight excluding hydrogens is 356 g/mol. The first-order valence-electron chi connectivity index (χ1n) is 8.19. The van der Waals surface area contributed by atoms with E-state index >= 15 is 0 Å². The van der Waals surface area contributed by atoms with E-state index in [0.717, 1.165) is 30.5 Å². The number of aromatic amines is 1. The van der Waals surface area contributed by atoms with Gasteiger partial charge in [0.1, 0.15) is 0 Å². The normalized spacial score (nSPS) is 17.3. The molecule has 0 spiro atoms. The van der Waals surface area contributed by atoms with Crippen molar-refractivity contribution in [1.82, 2.24) is 19.4 Å². The summed E-state index contributed by atoms with van der Waals surface area (Å²) in [5.41, 5.74) is 2.24. The van der Waals surface area contributed by atoms with Crippen molar-refractivity contribution in [3.05, 3.63) is 41.4 Å². The van der Waals surface area contributed by atoms with Gasteiger partial charge in [0.15, 0.2) is 0 Å². The number of sulfonamides is 1. The molecule has 1 fully saturated rings. The van der Waals surface area contributed by atoms with Crippen LogP contribution in [-0.4, -0.2) is 60.3 Å². The number of aromatic nitrogens is 2. The van der Waals surface area contributed by atoms with Crippen LogP contribution in [0.25, 0.3) is 21.3 Å². The van der Waals surface area contributed by atoms with Crippen molar-refractivity contribution in [2.45, 2.75) is 6.54 Å². The van der Waals surface area contributed by atoms with Crippen molar-refractivity contribution < 1.29 is 8.42 Å². The van der Waals surface area contributed by atoms with Crippen molar-refractivity contribution in [2.75, 3.05) is 32.4 Å². The first kappa shape index (κ1) is 16.7. The molecule has 1 saturated heterocycles. The Morgan fingerprint density at radius 2 is 1.96 bits per heavy atom. The Morgan fingerprint density at radius 3 is 2.72 bits per heavy atom. The van der Waals surface area contributed by atoms with E-state index in [1.165, 1.54) is 21.6 Å². The Bertz CT molecular complexity index is 985. The number of thiophene rings is 1. The fourth-order valence-electron chi connectivity index (χ4n) is 3.23. The highest BCUT2D eigenvalue weighted by Crippen LogP contribution is 2.33. The highest BCUT2D eigenvalue weighted by atomic mass is 32.2. The molecule has 1 N–H and O–H groups in total. The quantitative estimate of drug-likeness (QED) is 0.759. The lowest BCUT2D eigenvalue weighted by Crippen LogP contribution is -2.47. The van der Waals surface area contributed by atoms with Crippen molar-refractivity contribution in [3.63, 3.8) is 0 Å². The number of nitrogens with one attached hydrogen (secondary N) is 1. The van der Waals surface area contributed by atoms with Crippen LogP contribution in [0, 0.1) is 0 Å². The molecule has 25 heavy (non-hydrogen) atoms. The fourth-order valence-corrected chi connectivity index (χ4v) is 5.15. The molecule has 0 atom stereocenters. The first-order valence-corrected chi connectivity index (χ1v) is 10.9. The van der Waals surface area contributed by atoms with Gasteiger partial charge in [-0.15, -0.1) is 11.3 Å². The average Bonchev–Trinajstić information content (AvgIpc) is 3.23. The highest BCUT2D eigenvalue weighted by Gasteiger charge is 2.23. The standard InChI is InChI=1S/C17H20N4O2S2/c1-25(22,23)21-9-7-20(8-10-21)12-13-5-6-17(24-13)14-3-2-4-16-15(14)11-18-19-16/h2-6,11H,7-10,12H2,1H3,(H,18,19). The Kier molecular flexibility index (Phi) is 4.36. The van der Waals surface area contributed by atoms with Crippen molar-refractivity contribution in [2.24, 2.45) is 0 Å². The van der Waals surface area contributed by atoms with Gasteiger partial charge in [-0.3, -0.25) is 10.00 Å². The van der Waals surface area contributed by atoms with E-state index < -0.39 is 10.0 Å². The summed E-state index contributed by atoms with van der Waals surface area (Å²) < 4.78 is 24.8. The molecule has 3 heterocycles. The van der Waals surface area contributed by atoms with Gasteiger partial charge in [0.2, 0.25) is 10.0 Å². The summed E-state index contributed by atoms with van der Waals surface area (Å²) in [7, 11) is -3.07. The number of benzene rings is 1. The van der Waals surface area contributed by atoms with Gasteiger partial charge in [-0.25, -0.2) is 8.42 Å². The summed E-state index contributed by atoms with van der Waals surface area (Å²) >= 11 is 1.79. The molecule has 132 valence electrons. The number of H-pyrrole nitrogens is 1. The largest absolute Gasteiger partial charge is 0.296 e. The number of nitrogens with zero attached hydrogens (tertiary/aromatic N) is 3. The number of hydrogen-bond acceptors (Lipinski definition) is 5.